The number of aromatic nitrogens is 3. The second kappa shape index (κ2) is 9.69. The van der Waals surface area contributed by atoms with Gasteiger partial charge < -0.3 is 23.9 Å². The molecule has 34 heavy (non-hydrogen) atoms. The first kappa shape index (κ1) is 22.9. The predicted octanol–water partition coefficient (Wildman–Crippen LogP) is 4.43. The second-order valence-corrected chi connectivity index (χ2v) is 7.11. The number of para-hydroxylation sites is 1. The minimum Gasteiger partial charge on any atom is -0.496 e. The van der Waals surface area contributed by atoms with Gasteiger partial charge in [-0.1, -0.05) is 23.4 Å². The zero-order valence-electron chi connectivity index (χ0n) is 17.9. The van der Waals surface area contributed by atoms with E-state index in [4.69, 9.17) is 9.26 Å². The molecule has 4 aromatic rings. The van der Waals surface area contributed by atoms with Gasteiger partial charge in [-0.25, -0.2) is 0 Å². The van der Waals surface area contributed by atoms with Gasteiger partial charge in [-0.3, -0.25) is 4.79 Å². The highest BCUT2D eigenvalue weighted by molar-refractivity contribution is 5.76. The van der Waals surface area contributed by atoms with Crippen LogP contribution in [0.1, 0.15) is 5.56 Å². The minimum atomic E-state index is -4.77. The molecule has 0 saturated heterocycles. The average Bonchev–Trinajstić information content (AvgIpc) is 3.47. The molecule has 2 aromatic heterocycles. The summed E-state index contributed by atoms with van der Waals surface area (Å²) < 4.78 is 53.1. The molecule has 0 atom stereocenters. The number of amides is 1. The maximum absolute atomic E-state index is 12.5. The van der Waals surface area contributed by atoms with Crippen molar-refractivity contribution in [2.75, 3.05) is 7.11 Å². The van der Waals surface area contributed by atoms with Crippen LogP contribution in [0.15, 0.2) is 71.4 Å². The monoisotopic (exact) mass is 472 g/mol. The average molecular weight is 472 g/mol. The molecule has 0 aliphatic heterocycles. The van der Waals surface area contributed by atoms with Crippen LogP contribution < -0.4 is 14.8 Å². The molecule has 8 nitrogen and oxygen atoms in total. The molecule has 4 rings (SSSR count). The predicted molar refractivity (Wildman–Crippen MR) is 115 cm³/mol. The zero-order valence-corrected chi connectivity index (χ0v) is 17.9. The Morgan fingerprint density at radius 2 is 1.85 bits per heavy atom. The Kier molecular flexibility index (Phi) is 6.53. The number of hydrogen-bond donors (Lipinski definition) is 1. The third-order valence-electron chi connectivity index (χ3n) is 4.80. The summed E-state index contributed by atoms with van der Waals surface area (Å²) in [6.45, 7) is 0.316. The van der Waals surface area contributed by atoms with E-state index in [0.717, 1.165) is 17.7 Å². The summed E-state index contributed by atoms with van der Waals surface area (Å²) in [5.41, 5.74) is 1.81. The number of alkyl halides is 3. The van der Waals surface area contributed by atoms with E-state index in [2.05, 4.69) is 20.2 Å². The molecule has 2 aromatic carbocycles. The number of carbonyl (C=O) groups is 1. The first-order valence-electron chi connectivity index (χ1n) is 10.1. The van der Waals surface area contributed by atoms with E-state index in [9.17, 15) is 18.0 Å². The van der Waals surface area contributed by atoms with Gasteiger partial charge in [-0.2, -0.15) is 4.98 Å². The number of rotatable bonds is 8. The maximum atomic E-state index is 12.5. The van der Waals surface area contributed by atoms with E-state index >= 15 is 0 Å². The minimum absolute atomic E-state index is 0.0126. The van der Waals surface area contributed by atoms with E-state index < -0.39 is 6.36 Å². The van der Waals surface area contributed by atoms with Gasteiger partial charge in [0.1, 0.15) is 23.7 Å². The van der Waals surface area contributed by atoms with E-state index in [1.807, 2.05) is 24.3 Å². The van der Waals surface area contributed by atoms with Crippen LogP contribution in [0.5, 0.6) is 11.5 Å². The van der Waals surface area contributed by atoms with Crippen LogP contribution in [-0.2, 0) is 17.9 Å². The lowest BCUT2D eigenvalue weighted by Gasteiger charge is -2.10. The molecule has 0 unspecified atom stereocenters. The summed E-state index contributed by atoms with van der Waals surface area (Å²) in [4.78, 5) is 16.8. The first-order chi connectivity index (χ1) is 16.3. The largest absolute Gasteiger partial charge is 0.573 e. The Bertz CT molecular complexity index is 1270. The summed E-state index contributed by atoms with van der Waals surface area (Å²) in [7, 11) is 1.57. The third-order valence-corrected chi connectivity index (χ3v) is 4.80. The van der Waals surface area contributed by atoms with E-state index in [0.29, 0.717) is 23.6 Å². The maximum Gasteiger partial charge on any atom is 0.573 e. The number of ether oxygens (including phenoxy) is 2. The first-order valence-corrected chi connectivity index (χ1v) is 10.1. The second-order valence-electron chi connectivity index (χ2n) is 7.11. The standard InChI is InChI=1S/C23H19F3N4O4/c1-32-19-7-3-2-5-16(19)13-27-20(31)14-30-12-4-6-18(30)22-28-21(29-34-22)15-8-10-17(11-9-15)33-23(24,25)26/h2-12H,13-14H2,1H3,(H,27,31). The number of nitrogens with one attached hydrogen (secondary N) is 1. The van der Waals surface area contributed by atoms with Crippen molar-refractivity contribution < 1.29 is 32.0 Å². The van der Waals surface area contributed by atoms with Crippen LogP contribution in [0, 0.1) is 0 Å². The summed E-state index contributed by atoms with van der Waals surface area (Å²) in [5.74, 6) is 0.437. The molecule has 0 saturated carbocycles. The molecule has 0 aliphatic rings. The molecule has 1 N–H and O–H groups in total. The van der Waals surface area contributed by atoms with E-state index in [1.54, 1.807) is 30.0 Å². The van der Waals surface area contributed by atoms with Crippen molar-refractivity contribution in [1.82, 2.24) is 20.0 Å². The van der Waals surface area contributed by atoms with Crippen molar-refractivity contribution in [3.05, 3.63) is 72.4 Å². The smallest absolute Gasteiger partial charge is 0.496 e. The normalized spacial score (nSPS) is 11.3. The van der Waals surface area contributed by atoms with Crippen LogP contribution in [-0.4, -0.2) is 34.1 Å². The SMILES string of the molecule is COc1ccccc1CNC(=O)Cn1cccc1-c1nc(-c2ccc(OC(F)(F)F)cc2)no1. The highest BCUT2D eigenvalue weighted by atomic mass is 19.4. The van der Waals surface area contributed by atoms with Gasteiger partial charge in [0, 0.05) is 23.9 Å². The highest BCUT2D eigenvalue weighted by Crippen LogP contribution is 2.27. The number of halogens is 3. The fourth-order valence-corrected chi connectivity index (χ4v) is 3.25. The third kappa shape index (κ3) is 5.55. The molecule has 0 spiro atoms. The van der Waals surface area contributed by atoms with Crippen LogP contribution in [0.2, 0.25) is 0 Å². The van der Waals surface area contributed by atoms with Gasteiger partial charge in [-0.15, -0.1) is 13.2 Å². The van der Waals surface area contributed by atoms with Crippen LogP contribution in [0.25, 0.3) is 23.0 Å². The number of hydrogen-bond acceptors (Lipinski definition) is 6. The van der Waals surface area contributed by atoms with Crippen LogP contribution in [0.4, 0.5) is 13.2 Å². The number of benzene rings is 2. The Labute approximate surface area is 191 Å². The molecule has 0 radical (unpaired) electrons. The van der Waals surface area contributed by atoms with Gasteiger partial charge >= 0.3 is 6.36 Å². The van der Waals surface area contributed by atoms with Crippen LogP contribution >= 0.6 is 0 Å². The Morgan fingerprint density at radius 1 is 1.09 bits per heavy atom. The van der Waals surface area contributed by atoms with Crippen molar-refractivity contribution in [2.45, 2.75) is 19.5 Å². The topological polar surface area (TPSA) is 91.4 Å². The number of methoxy groups -OCH3 is 1. The van der Waals surface area contributed by atoms with Gasteiger partial charge in [0.05, 0.1) is 7.11 Å². The molecule has 0 fully saturated rings. The summed E-state index contributed by atoms with van der Waals surface area (Å²) >= 11 is 0. The zero-order chi connectivity index (χ0) is 24.1. The lowest BCUT2D eigenvalue weighted by molar-refractivity contribution is -0.274. The summed E-state index contributed by atoms with van der Waals surface area (Å²) in [5, 5.41) is 6.73. The van der Waals surface area contributed by atoms with Crippen molar-refractivity contribution in [2.24, 2.45) is 0 Å². The van der Waals surface area contributed by atoms with Gasteiger partial charge in [0.15, 0.2) is 0 Å². The van der Waals surface area contributed by atoms with Gasteiger partial charge in [0.25, 0.3) is 5.89 Å². The highest BCUT2D eigenvalue weighted by Gasteiger charge is 2.31. The summed E-state index contributed by atoms with van der Waals surface area (Å²) in [6.07, 6.45) is -3.07. The van der Waals surface area contributed by atoms with E-state index in [1.165, 1.54) is 12.1 Å². The molecule has 2 heterocycles. The molecule has 1 amide bonds. The molecule has 0 aliphatic carbocycles. The van der Waals surface area contributed by atoms with Gasteiger partial charge in [-0.05, 0) is 42.5 Å². The molecule has 11 heteroatoms. The summed E-state index contributed by atoms with van der Waals surface area (Å²) in [6, 6.07) is 15.9. The van der Waals surface area contributed by atoms with Gasteiger partial charge in [0.2, 0.25) is 11.7 Å². The quantitative estimate of drug-likeness (QED) is 0.408. The van der Waals surface area contributed by atoms with Crippen molar-refractivity contribution in [3.8, 4) is 34.5 Å². The van der Waals surface area contributed by atoms with Crippen molar-refractivity contribution in [3.63, 3.8) is 0 Å². The Hall–Kier alpha value is -4.28. The lowest BCUT2D eigenvalue weighted by Crippen LogP contribution is -2.27. The lowest BCUT2D eigenvalue weighted by atomic mass is 10.2. The number of carbonyl (C=O) groups excluding carboxylic acids is 1. The Balaban J connectivity index is 1.42. The molecule has 0 bridgehead atoms. The number of nitrogens with zero attached hydrogens (tertiary/aromatic N) is 3. The molecule has 176 valence electrons. The Morgan fingerprint density at radius 3 is 2.59 bits per heavy atom. The fourth-order valence-electron chi connectivity index (χ4n) is 3.25. The van der Waals surface area contributed by atoms with Crippen LogP contribution in [0.3, 0.4) is 0 Å². The fraction of sp³-hybridized carbons (Fsp3) is 0.174. The molecular formula is C23H19F3N4O4. The van der Waals surface area contributed by atoms with E-state index in [-0.39, 0.29) is 29.9 Å². The molecular weight excluding hydrogens is 453 g/mol. The van der Waals surface area contributed by atoms with Crippen molar-refractivity contribution in [1.29, 1.82) is 0 Å². The van der Waals surface area contributed by atoms with Crippen molar-refractivity contribution >= 4 is 5.91 Å².